The van der Waals surface area contributed by atoms with Crippen molar-refractivity contribution in [3.63, 3.8) is 0 Å². The van der Waals surface area contributed by atoms with Gasteiger partial charge in [-0.1, -0.05) is 11.8 Å². The number of aromatic nitrogens is 3. The second-order valence-electron chi connectivity index (χ2n) is 5.82. The van der Waals surface area contributed by atoms with E-state index in [-0.39, 0.29) is 0 Å². The molecule has 0 unspecified atom stereocenters. The van der Waals surface area contributed by atoms with Crippen LogP contribution in [-0.4, -0.2) is 46.8 Å². The molecule has 20 heavy (non-hydrogen) atoms. The number of hydrogen-bond acceptors (Lipinski definition) is 5. The van der Waals surface area contributed by atoms with Crippen molar-refractivity contribution in [2.24, 2.45) is 13.0 Å². The minimum Gasteiger partial charge on any atom is -0.381 e. The molecule has 5 nitrogen and oxygen atoms in total. The average Bonchev–Trinajstić information content (AvgIpc) is 2.88. The van der Waals surface area contributed by atoms with Crippen molar-refractivity contribution in [2.45, 2.75) is 36.8 Å². The summed E-state index contributed by atoms with van der Waals surface area (Å²) in [7, 11) is 2.11. The average molecular weight is 296 g/mol. The van der Waals surface area contributed by atoms with Crippen LogP contribution in [0.15, 0.2) is 5.16 Å². The van der Waals surface area contributed by atoms with Crippen molar-refractivity contribution in [2.75, 3.05) is 32.1 Å². The number of thioether (sulfide) groups is 1. The molecule has 2 aliphatic heterocycles. The van der Waals surface area contributed by atoms with E-state index in [2.05, 4.69) is 27.1 Å². The molecule has 1 aromatic rings. The molecule has 1 atom stereocenters. The largest absolute Gasteiger partial charge is 0.381 e. The van der Waals surface area contributed by atoms with E-state index in [1.807, 2.05) is 11.8 Å². The van der Waals surface area contributed by atoms with Gasteiger partial charge in [0, 0.05) is 25.3 Å². The maximum absolute atomic E-state index is 5.54. The second kappa shape index (κ2) is 6.91. The standard InChI is InChI=1S/C14H24N4OS/c1-18-13(12-4-6-15-7-5-12)16-17-14(18)20-10-11-3-2-8-19-9-11/h11-12,15H,2-10H2,1H3/t11-/m0/s1. The van der Waals surface area contributed by atoms with E-state index >= 15 is 0 Å². The normalized spacial score (nSPS) is 24.9. The van der Waals surface area contributed by atoms with Gasteiger partial charge in [-0.25, -0.2) is 0 Å². The zero-order valence-corrected chi connectivity index (χ0v) is 13.0. The number of nitrogens with one attached hydrogen (secondary N) is 1. The molecule has 6 heteroatoms. The van der Waals surface area contributed by atoms with Gasteiger partial charge < -0.3 is 14.6 Å². The highest BCUT2D eigenvalue weighted by Crippen LogP contribution is 2.28. The quantitative estimate of drug-likeness (QED) is 0.859. The Morgan fingerprint density at radius 2 is 2.15 bits per heavy atom. The molecule has 112 valence electrons. The van der Waals surface area contributed by atoms with Crippen LogP contribution in [0.5, 0.6) is 0 Å². The van der Waals surface area contributed by atoms with Gasteiger partial charge in [0.25, 0.3) is 0 Å². The number of piperidine rings is 1. The number of ether oxygens (including phenoxy) is 1. The Hall–Kier alpha value is -0.590. The molecule has 0 radical (unpaired) electrons. The molecule has 2 fully saturated rings. The summed E-state index contributed by atoms with van der Waals surface area (Å²) in [6.45, 7) is 4.04. The van der Waals surface area contributed by atoms with Gasteiger partial charge in [0.2, 0.25) is 0 Å². The first-order valence-corrected chi connectivity index (χ1v) is 8.63. The molecular formula is C14H24N4OS. The first kappa shape index (κ1) is 14.4. The molecule has 0 saturated carbocycles. The molecule has 0 aliphatic carbocycles. The first-order valence-electron chi connectivity index (χ1n) is 7.65. The van der Waals surface area contributed by atoms with Gasteiger partial charge >= 0.3 is 0 Å². The summed E-state index contributed by atoms with van der Waals surface area (Å²) in [6.07, 6.45) is 4.83. The maximum Gasteiger partial charge on any atom is 0.190 e. The van der Waals surface area contributed by atoms with Crippen LogP contribution in [0.2, 0.25) is 0 Å². The Kier molecular flexibility index (Phi) is 4.96. The summed E-state index contributed by atoms with van der Waals surface area (Å²) in [5.41, 5.74) is 0. The van der Waals surface area contributed by atoms with Gasteiger partial charge in [-0.3, -0.25) is 0 Å². The van der Waals surface area contributed by atoms with Gasteiger partial charge in [0.1, 0.15) is 5.82 Å². The molecule has 3 rings (SSSR count). The summed E-state index contributed by atoms with van der Waals surface area (Å²) in [4.78, 5) is 0. The van der Waals surface area contributed by atoms with E-state index in [4.69, 9.17) is 4.74 Å². The van der Waals surface area contributed by atoms with Gasteiger partial charge in [-0.15, -0.1) is 10.2 Å². The summed E-state index contributed by atoms with van der Waals surface area (Å²) in [6, 6.07) is 0. The van der Waals surface area contributed by atoms with Crippen LogP contribution in [0.1, 0.15) is 37.4 Å². The van der Waals surface area contributed by atoms with E-state index in [0.29, 0.717) is 11.8 Å². The van der Waals surface area contributed by atoms with Gasteiger partial charge in [0.15, 0.2) is 5.16 Å². The lowest BCUT2D eigenvalue weighted by atomic mass is 9.97. The number of rotatable bonds is 4. The van der Waals surface area contributed by atoms with Crippen molar-refractivity contribution < 1.29 is 4.74 Å². The fourth-order valence-corrected chi connectivity index (χ4v) is 4.05. The lowest BCUT2D eigenvalue weighted by molar-refractivity contribution is 0.0632. The van der Waals surface area contributed by atoms with Crippen LogP contribution < -0.4 is 5.32 Å². The Labute approximate surface area is 124 Å². The molecule has 0 spiro atoms. The molecule has 0 aromatic carbocycles. The highest BCUT2D eigenvalue weighted by Gasteiger charge is 2.22. The lowest BCUT2D eigenvalue weighted by Crippen LogP contribution is -2.27. The van der Waals surface area contributed by atoms with Crippen molar-refractivity contribution in [1.29, 1.82) is 0 Å². The second-order valence-corrected chi connectivity index (χ2v) is 6.81. The predicted molar refractivity (Wildman–Crippen MR) is 80.1 cm³/mol. The summed E-state index contributed by atoms with van der Waals surface area (Å²) in [5.74, 6) is 3.50. The van der Waals surface area contributed by atoms with Crippen molar-refractivity contribution >= 4 is 11.8 Å². The van der Waals surface area contributed by atoms with Gasteiger partial charge in [0.05, 0.1) is 6.61 Å². The zero-order valence-electron chi connectivity index (χ0n) is 12.2. The van der Waals surface area contributed by atoms with Crippen LogP contribution >= 0.6 is 11.8 Å². The molecular weight excluding hydrogens is 272 g/mol. The van der Waals surface area contributed by atoms with Crippen LogP contribution in [0.3, 0.4) is 0 Å². The third kappa shape index (κ3) is 3.35. The Balaban J connectivity index is 1.58. The maximum atomic E-state index is 5.54. The van der Waals surface area contributed by atoms with E-state index in [9.17, 15) is 0 Å². The Bertz CT molecular complexity index is 425. The zero-order chi connectivity index (χ0) is 13.8. The minimum atomic E-state index is 0.570. The molecule has 3 heterocycles. The molecule has 0 bridgehead atoms. The predicted octanol–water partition coefficient (Wildman–Crippen LogP) is 1.80. The monoisotopic (exact) mass is 296 g/mol. The molecule has 2 aliphatic rings. The Morgan fingerprint density at radius 1 is 1.30 bits per heavy atom. The summed E-state index contributed by atoms with van der Waals surface area (Å²) < 4.78 is 7.74. The molecule has 0 amide bonds. The fourth-order valence-electron chi connectivity index (χ4n) is 3.02. The summed E-state index contributed by atoms with van der Waals surface area (Å²) >= 11 is 1.83. The smallest absolute Gasteiger partial charge is 0.190 e. The van der Waals surface area contributed by atoms with Crippen LogP contribution in [-0.2, 0) is 11.8 Å². The first-order chi connectivity index (χ1) is 9.84. The SMILES string of the molecule is Cn1c(SC[C@H]2CCCOC2)nnc1C1CCNCC1. The third-order valence-electron chi connectivity index (χ3n) is 4.28. The van der Waals surface area contributed by atoms with Crippen molar-refractivity contribution in [3.8, 4) is 0 Å². The minimum absolute atomic E-state index is 0.570. The van der Waals surface area contributed by atoms with E-state index in [1.54, 1.807) is 0 Å². The third-order valence-corrected chi connectivity index (χ3v) is 5.53. The molecule has 1 N–H and O–H groups in total. The lowest BCUT2D eigenvalue weighted by Gasteiger charge is -2.22. The number of hydrogen-bond donors (Lipinski definition) is 1. The molecule has 2 saturated heterocycles. The van der Waals surface area contributed by atoms with Gasteiger partial charge in [-0.2, -0.15) is 0 Å². The molecule has 1 aromatic heterocycles. The highest BCUT2D eigenvalue weighted by atomic mass is 32.2. The topological polar surface area (TPSA) is 52.0 Å². The highest BCUT2D eigenvalue weighted by molar-refractivity contribution is 7.99. The van der Waals surface area contributed by atoms with Crippen molar-refractivity contribution in [3.05, 3.63) is 5.82 Å². The number of nitrogens with zero attached hydrogens (tertiary/aromatic N) is 3. The van der Waals surface area contributed by atoms with Crippen LogP contribution in [0, 0.1) is 5.92 Å². The van der Waals surface area contributed by atoms with Gasteiger partial charge in [-0.05, 0) is 44.7 Å². The van der Waals surface area contributed by atoms with Crippen LogP contribution in [0.4, 0.5) is 0 Å². The van der Waals surface area contributed by atoms with Crippen LogP contribution in [0.25, 0.3) is 0 Å². The Morgan fingerprint density at radius 3 is 2.90 bits per heavy atom. The fraction of sp³-hybridized carbons (Fsp3) is 0.857. The van der Waals surface area contributed by atoms with Crippen molar-refractivity contribution in [1.82, 2.24) is 20.1 Å². The summed E-state index contributed by atoms with van der Waals surface area (Å²) in [5, 5.41) is 13.3. The van der Waals surface area contributed by atoms with E-state index in [1.165, 1.54) is 25.7 Å². The van der Waals surface area contributed by atoms with E-state index in [0.717, 1.165) is 43.0 Å². The van der Waals surface area contributed by atoms with E-state index < -0.39 is 0 Å².